The Labute approximate surface area is 849 Å². The third-order valence-corrected chi connectivity index (χ3v) is 30.2. The molecule has 30 aromatic rings. The minimum absolute atomic E-state index is 0.692. The number of aromatic nitrogens is 21. The minimum Gasteiger partial charge on any atom is -0.309 e. The standard InChI is InChI=1S/3C41H25N7S/c1-3-9-26(10-4-1)41-46-25-36(49-41)48-34-17-14-28(40-44-21-8-22-45-40)24-32(34)37-35(48)18-15-30-31-23-27(39-42-19-7-20-43-39)13-16-33(31)47(38(30)37)29-11-5-2-6-12-29;1-3-9-26(10-4-1)41-46-25-36(49-41)48-33-17-14-27(39-42-19-7-20-43-39)23-32(33)30-16-18-34-37(38(30)48)31-15-13-28(40-44-21-8-22-45-40)24-35(31)47(34)29-11-5-2-6-12-29;1-3-9-26(10-4-1)41-46-25-38(49-41)48-35-16-14-28(40-44-19-8-20-45-40)22-31(35)33-23-36-32(24-37(33)48)30-21-27(39-42-17-7-18-43-39)13-15-34(30)47(36)29-11-5-2-6-12-29/h3*1-25H. The molecule has 0 unspecified atom stereocenters. The van der Waals surface area contributed by atoms with Crippen molar-refractivity contribution in [2.24, 2.45) is 0 Å². The molecule has 24 heteroatoms. The maximum Gasteiger partial charge on any atom is 0.159 e. The van der Waals surface area contributed by atoms with E-state index < -0.39 is 0 Å². The lowest BCUT2D eigenvalue weighted by atomic mass is 10.0. The van der Waals surface area contributed by atoms with E-state index in [9.17, 15) is 0 Å². The molecule has 0 aliphatic heterocycles. The van der Waals surface area contributed by atoms with Crippen LogP contribution < -0.4 is 0 Å². The van der Waals surface area contributed by atoms with Crippen molar-refractivity contribution in [2.75, 3.05) is 0 Å². The highest BCUT2D eigenvalue weighted by Gasteiger charge is 2.29. The number of benzene rings is 15. The largest absolute Gasteiger partial charge is 0.309 e. The van der Waals surface area contributed by atoms with E-state index in [0.717, 1.165) is 223 Å². The SMILES string of the molecule is c1ccc(-c2ncc(-n3c4ccc(-c5ncccn5)cc4c4c3ccc3c5cc(-c6ncccn6)ccc5n(-c5ccccc5)c34)s2)cc1.c1ccc(-c2ncc(-n3c4ccc(-c5ncccn5)cc4c4cc5c(cc43)c3cc(-c4ncccn4)ccc3n5-c3ccccc3)s2)cc1.c1ccc(-c2ncc(-n3c4ccc(-c5ncccn5)cc4c4ccc5c(c6ccc(-c7ncccn7)cc6n5-c5ccccc5)c43)s2)cc1. The van der Waals surface area contributed by atoms with Gasteiger partial charge in [-0.25, -0.2) is 74.8 Å². The van der Waals surface area contributed by atoms with Crippen molar-refractivity contribution in [2.45, 2.75) is 0 Å². The molecule has 15 aromatic carbocycles. The first kappa shape index (κ1) is 85.4. The lowest BCUT2D eigenvalue weighted by Gasteiger charge is -2.09. The molecule has 30 rings (SSSR count). The molecular formula is C123H75N21S3. The van der Waals surface area contributed by atoms with Crippen LogP contribution in [-0.4, -0.2) is 102 Å². The van der Waals surface area contributed by atoms with Crippen LogP contribution in [0.1, 0.15) is 0 Å². The highest BCUT2D eigenvalue weighted by Crippen LogP contribution is 2.50. The number of nitrogens with zero attached hydrogens (tertiary/aromatic N) is 21. The molecule has 0 amide bonds. The monoisotopic (exact) mass is 1940 g/mol. The normalized spacial score (nSPS) is 11.7. The zero-order valence-electron chi connectivity index (χ0n) is 77.9. The third kappa shape index (κ3) is 14.8. The topological polar surface area (TPSA) is 223 Å². The van der Waals surface area contributed by atoms with Gasteiger partial charge in [0, 0.05) is 206 Å². The summed E-state index contributed by atoms with van der Waals surface area (Å²) >= 11 is 5.08. The number of hydrogen-bond acceptors (Lipinski definition) is 18. The predicted molar refractivity (Wildman–Crippen MR) is 595 cm³/mol. The Morgan fingerprint density at radius 3 is 0.769 bits per heavy atom. The van der Waals surface area contributed by atoms with Crippen LogP contribution in [0, 0.1) is 0 Å². The van der Waals surface area contributed by atoms with Crippen LogP contribution in [0.15, 0.2) is 457 Å². The zero-order valence-corrected chi connectivity index (χ0v) is 80.4. The fraction of sp³-hybridized carbons (Fsp3) is 0. The van der Waals surface area contributed by atoms with E-state index in [1.165, 1.54) is 5.39 Å². The van der Waals surface area contributed by atoms with Gasteiger partial charge in [0.05, 0.1) is 84.8 Å². The van der Waals surface area contributed by atoms with Crippen molar-refractivity contribution in [3.05, 3.63) is 457 Å². The van der Waals surface area contributed by atoms with Gasteiger partial charge in [-0.15, -0.1) is 0 Å². The minimum atomic E-state index is 0.692. The molecule has 15 aromatic heterocycles. The molecule has 0 fully saturated rings. The summed E-state index contributed by atoms with van der Waals surface area (Å²) in [5.41, 5.74) is 25.7. The second-order valence-electron chi connectivity index (χ2n) is 35.6. The van der Waals surface area contributed by atoms with Gasteiger partial charge in [-0.2, -0.15) is 0 Å². The molecule has 0 radical (unpaired) electrons. The molecule has 21 nitrogen and oxygen atoms in total. The molecular weight excluding hydrogens is 1870 g/mol. The average Bonchev–Trinajstić information content (AvgIpc) is 1.54. The Bertz CT molecular complexity index is 10300. The van der Waals surface area contributed by atoms with Gasteiger partial charge in [-0.3, -0.25) is 13.7 Å². The van der Waals surface area contributed by atoms with Gasteiger partial charge >= 0.3 is 0 Å². The van der Waals surface area contributed by atoms with Gasteiger partial charge in [0.1, 0.15) is 30.0 Å². The van der Waals surface area contributed by atoms with Gasteiger partial charge in [0.25, 0.3) is 0 Å². The fourth-order valence-corrected chi connectivity index (χ4v) is 23.6. The maximum atomic E-state index is 4.92. The second-order valence-corrected chi connectivity index (χ2v) is 38.6. The Morgan fingerprint density at radius 2 is 0.388 bits per heavy atom. The van der Waals surface area contributed by atoms with E-state index in [2.05, 4.69) is 397 Å². The Kier molecular flexibility index (Phi) is 20.9. The number of rotatable bonds is 15. The summed E-state index contributed by atoms with van der Waals surface area (Å²) in [6, 6.07) is 127. The number of hydrogen-bond donors (Lipinski definition) is 0. The highest BCUT2D eigenvalue weighted by molar-refractivity contribution is 7.18. The van der Waals surface area contributed by atoms with Crippen molar-refractivity contribution in [3.63, 3.8) is 0 Å². The summed E-state index contributed by atoms with van der Waals surface area (Å²) in [5, 5.41) is 19.8. The number of para-hydroxylation sites is 3. The van der Waals surface area contributed by atoms with E-state index in [-0.39, 0.29) is 0 Å². The van der Waals surface area contributed by atoms with E-state index in [4.69, 9.17) is 15.0 Å². The quantitative estimate of drug-likeness (QED) is 0.0931. The molecule has 147 heavy (non-hydrogen) atoms. The smallest absolute Gasteiger partial charge is 0.159 e. The van der Waals surface area contributed by atoms with E-state index in [1.807, 2.05) is 73.2 Å². The molecule has 0 N–H and O–H groups in total. The first-order valence-electron chi connectivity index (χ1n) is 48.0. The molecule has 0 atom stereocenters. The third-order valence-electron chi connectivity index (χ3n) is 27.2. The summed E-state index contributed by atoms with van der Waals surface area (Å²) < 4.78 is 14.2. The van der Waals surface area contributed by atoms with Crippen molar-refractivity contribution in [1.82, 2.24) is 102 Å². The van der Waals surface area contributed by atoms with Crippen LogP contribution in [0.2, 0.25) is 0 Å². The number of thiazole rings is 3. The average molecular weight is 1940 g/mol. The predicted octanol–water partition coefficient (Wildman–Crippen LogP) is 29.8. The lowest BCUT2D eigenvalue weighted by molar-refractivity contribution is 1.16. The molecule has 690 valence electrons. The van der Waals surface area contributed by atoms with Crippen LogP contribution in [0.5, 0.6) is 0 Å². The summed E-state index contributed by atoms with van der Waals surface area (Å²) in [4.78, 5) is 69.5. The molecule has 0 aliphatic rings. The maximum absolute atomic E-state index is 4.92. The Morgan fingerprint density at radius 1 is 0.150 bits per heavy atom. The molecule has 0 saturated heterocycles. The van der Waals surface area contributed by atoms with E-state index in [1.54, 1.807) is 108 Å². The van der Waals surface area contributed by atoms with Crippen LogP contribution >= 0.6 is 34.0 Å². The molecule has 0 saturated carbocycles. The van der Waals surface area contributed by atoms with Crippen molar-refractivity contribution < 1.29 is 0 Å². The van der Waals surface area contributed by atoms with Crippen molar-refractivity contribution in [1.29, 1.82) is 0 Å². The Balaban J connectivity index is 0.000000107. The van der Waals surface area contributed by atoms with E-state index in [0.29, 0.717) is 34.9 Å². The van der Waals surface area contributed by atoms with Gasteiger partial charge in [-0.05, 0) is 194 Å². The van der Waals surface area contributed by atoms with Gasteiger partial charge in [-0.1, -0.05) is 204 Å². The van der Waals surface area contributed by atoms with Gasteiger partial charge in [0.2, 0.25) is 0 Å². The molecule has 15 heterocycles. The molecule has 0 bridgehead atoms. The van der Waals surface area contributed by atoms with Crippen molar-refractivity contribution >= 4 is 165 Å². The van der Waals surface area contributed by atoms with Crippen molar-refractivity contribution in [3.8, 4) is 132 Å². The first-order valence-corrected chi connectivity index (χ1v) is 50.4. The molecule has 0 spiro atoms. The number of fused-ring (bicyclic) bond motifs is 20. The Hall–Kier alpha value is -19.5. The summed E-state index contributed by atoms with van der Waals surface area (Å²) in [6.45, 7) is 0. The van der Waals surface area contributed by atoms with Gasteiger partial charge < -0.3 is 13.7 Å². The second kappa shape index (κ2) is 35.9. The van der Waals surface area contributed by atoms with E-state index >= 15 is 0 Å². The van der Waals surface area contributed by atoms with Crippen LogP contribution in [0.25, 0.3) is 263 Å². The summed E-state index contributed by atoms with van der Waals surface area (Å²) in [7, 11) is 0. The highest BCUT2D eigenvalue weighted by atomic mass is 32.1. The fourth-order valence-electron chi connectivity index (χ4n) is 20.8. The molecule has 0 aliphatic carbocycles. The summed E-state index contributed by atoms with van der Waals surface area (Å²) in [5.74, 6) is 4.19. The van der Waals surface area contributed by atoms with Gasteiger partial charge in [0.15, 0.2) is 34.9 Å². The van der Waals surface area contributed by atoms with Crippen LogP contribution in [0.4, 0.5) is 0 Å². The van der Waals surface area contributed by atoms with Crippen LogP contribution in [0.3, 0.4) is 0 Å². The van der Waals surface area contributed by atoms with Crippen LogP contribution in [-0.2, 0) is 0 Å². The lowest BCUT2D eigenvalue weighted by Crippen LogP contribution is -1.94. The zero-order chi connectivity index (χ0) is 96.9. The summed E-state index contributed by atoms with van der Waals surface area (Å²) in [6.07, 6.45) is 27.4. The first-order chi connectivity index (χ1) is 72.9.